The number of hydrogen-bond acceptors (Lipinski definition) is 2. The highest BCUT2D eigenvalue weighted by Gasteiger charge is 2.43. The third-order valence-electron chi connectivity index (χ3n) is 1.22. The number of halogens is 4. The van der Waals surface area contributed by atoms with Gasteiger partial charge in [-0.2, -0.15) is 13.2 Å². The van der Waals surface area contributed by atoms with Gasteiger partial charge in [-0.05, 0) is 9.12 Å². The fraction of sp³-hybridized carbons (Fsp3) is 1.00. The second-order valence-electron chi connectivity index (χ2n) is 2.14. The number of alkyl halides is 3. The van der Waals surface area contributed by atoms with Crippen molar-refractivity contribution in [2.24, 2.45) is 0 Å². The summed E-state index contributed by atoms with van der Waals surface area (Å²) in [5.74, 6) is 0. The zero-order valence-corrected chi connectivity index (χ0v) is 7.83. The first-order valence-corrected chi connectivity index (χ1v) is 5.96. The lowest BCUT2D eigenvalue weighted by atomic mass is 10.3. The molecule has 0 aromatic rings. The van der Waals surface area contributed by atoms with Crippen LogP contribution in [0.15, 0.2) is 0 Å². The van der Waals surface area contributed by atoms with Crippen LogP contribution in [0.2, 0.25) is 0 Å². The van der Waals surface area contributed by atoms with Crippen molar-refractivity contribution in [3.8, 4) is 0 Å². The molecule has 60 valence electrons. The molecule has 0 amide bonds. The van der Waals surface area contributed by atoms with Crippen molar-refractivity contribution in [1.82, 2.24) is 4.31 Å². The Kier molecular flexibility index (Phi) is 2.73. The quantitative estimate of drug-likeness (QED) is 0.435. The molecule has 1 fully saturated rings. The van der Waals surface area contributed by atoms with Crippen LogP contribution in [0.3, 0.4) is 0 Å². The Morgan fingerprint density at radius 2 is 2.20 bits per heavy atom. The molecule has 1 rings (SSSR count). The molecule has 0 aromatic carbocycles. The zero-order valence-electron chi connectivity index (χ0n) is 4.86. The van der Waals surface area contributed by atoms with Crippen molar-refractivity contribution in [3.63, 3.8) is 0 Å². The zero-order chi connectivity index (χ0) is 7.78. The third kappa shape index (κ3) is 2.83. The van der Waals surface area contributed by atoms with Crippen molar-refractivity contribution in [2.45, 2.75) is 18.6 Å². The summed E-state index contributed by atoms with van der Waals surface area (Å²) >= 11 is 1.98. The Morgan fingerprint density at radius 3 is 2.50 bits per heavy atom. The summed E-state index contributed by atoms with van der Waals surface area (Å²) in [6, 6.07) is -0.262. The Hall–Kier alpha value is 0.830. The first kappa shape index (κ1) is 8.92. The minimum Gasteiger partial charge on any atom is -0.235 e. The topological polar surface area (TPSA) is 3.01 Å². The summed E-state index contributed by atoms with van der Waals surface area (Å²) < 4.78 is 36.6. The van der Waals surface area contributed by atoms with Crippen molar-refractivity contribution in [1.29, 1.82) is 0 Å². The molecule has 0 bridgehead atoms. The number of hydrogen-bond donors (Lipinski definition) is 0. The lowest BCUT2D eigenvalue weighted by molar-refractivity contribution is -0.134. The fourth-order valence-electron chi connectivity index (χ4n) is 0.679. The van der Waals surface area contributed by atoms with E-state index in [9.17, 15) is 13.2 Å². The Bertz CT molecular complexity index is 128. The molecule has 0 aromatic heterocycles. The van der Waals surface area contributed by atoms with Gasteiger partial charge in [-0.25, -0.2) is 4.31 Å². The number of rotatable bonds is 2. The molecule has 1 saturated heterocycles. The van der Waals surface area contributed by atoms with Crippen molar-refractivity contribution in [3.05, 3.63) is 0 Å². The molecule has 1 nitrogen and oxygen atoms in total. The molecule has 6 heteroatoms. The first-order chi connectivity index (χ1) is 4.53. The molecule has 1 aliphatic rings. The molecule has 0 N–H and O–H groups in total. The largest absolute Gasteiger partial charge is 0.390 e. The van der Waals surface area contributed by atoms with Crippen LogP contribution < -0.4 is 0 Å². The van der Waals surface area contributed by atoms with Crippen molar-refractivity contribution in [2.75, 3.05) is 6.54 Å². The normalized spacial score (nSPS) is 32.4. The van der Waals surface area contributed by atoms with Gasteiger partial charge in [-0.1, -0.05) is 0 Å². The first-order valence-electron chi connectivity index (χ1n) is 2.65. The van der Waals surface area contributed by atoms with Gasteiger partial charge >= 0.3 is 6.18 Å². The predicted molar refractivity (Wildman–Crippen MR) is 42.8 cm³/mol. The summed E-state index contributed by atoms with van der Waals surface area (Å²) in [7, 11) is 1.34. The lowest BCUT2D eigenvalue weighted by Crippen LogP contribution is -2.12. The van der Waals surface area contributed by atoms with E-state index in [0.29, 0.717) is 6.54 Å². The van der Waals surface area contributed by atoms with E-state index < -0.39 is 12.6 Å². The second-order valence-corrected chi connectivity index (χ2v) is 3.93. The van der Waals surface area contributed by atoms with Gasteiger partial charge in [-0.3, -0.25) is 0 Å². The predicted octanol–water partition coefficient (Wildman–Crippen LogP) is 2.62. The summed E-state index contributed by atoms with van der Waals surface area (Å²) in [5.41, 5.74) is 0. The standard InChI is InChI=1S/C4H5F3INS/c5-4(6,7)1-3-2-9(3)10-8/h3H,1-2H2. The van der Waals surface area contributed by atoms with Crippen LogP contribution in [0, 0.1) is 0 Å². The number of nitrogens with zero attached hydrogens (tertiary/aromatic N) is 1. The molecule has 1 heterocycles. The van der Waals surface area contributed by atoms with E-state index in [4.69, 9.17) is 0 Å². The van der Waals surface area contributed by atoms with Crippen LogP contribution in [-0.4, -0.2) is 23.1 Å². The van der Waals surface area contributed by atoms with Crippen molar-refractivity contribution < 1.29 is 13.2 Å². The lowest BCUT2D eigenvalue weighted by Gasteiger charge is -2.03. The molecular formula is C4H5F3INS. The van der Waals surface area contributed by atoms with Crippen LogP contribution >= 0.6 is 30.3 Å². The maximum atomic E-state index is 11.6. The van der Waals surface area contributed by atoms with Gasteiger partial charge in [0.15, 0.2) is 0 Å². The fourth-order valence-corrected chi connectivity index (χ4v) is 2.54. The maximum Gasteiger partial charge on any atom is 0.390 e. The molecule has 10 heavy (non-hydrogen) atoms. The molecular weight excluding hydrogens is 278 g/mol. The second kappa shape index (κ2) is 3.06. The highest BCUT2D eigenvalue weighted by Crippen LogP contribution is 2.38. The van der Waals surface area contributed by atoms with Crippen LogP contribution in [0.5, 0.6) is 0 Å². The van der Waals surface area contributed by atoms with Gasteiger partial charge in [0.1, 0.15) is 0 Å². The Morgan fingerprint density at radius 1 is 1.60 bits per heavy atom. The SMILES string of the molecule is FC(F)(F)CC1CN1SI. The van der Waals surface area contributed by atoms with Gasteiger partial charge in [0, 0.05) is 33.8 Å². The van der Waals surface area contributed by atoms with Gasteiger partial charge < -0.3 is 0 Å². The minimum atomic E-state index is -3.99. The third-order valence-corrected chi connectivity index (χ3v) is 3.36. The van der Waals surface area contributed by atoms with Gasteiger partial charge in [0.25, 0.3) is 0 Å². The Labute approximate surface area is 73.1 Å². The van der Waals surface area contributed by atoms with Gasteiger partial charge in [0.05, 0.1) is 6.42 Å². The molecule has 0 radical (unpaired) electrons. The monoisotopic (exact) mass is 283 g/mol. The van der Waals surface area contributed by atoms with Crippen molar-refractivity contribution >= 4 is 30.3 Å². The van der Waals surface area contributed by atoms with E-state index in [2.05, 4.69) is 0 Å². The van der Waals surface area contributed by atoms with E-state index in [1.165, 1.54) is 9.12 Å². The molecule has 0 aliphatic carbocycles. The van der Waals surface area contributed by atoms with Crippen LogP contribution in [0.25, 0.3) is 0 Å². The summed E-state index contributed by atoms with van der Waals surface area (Å²) in [6.45, 7) is 0.577. The molecule has 2 unspecified atom stereocenters. The molecule has 0 spiro atoms. The molecule has 1 aliphatic heterocycles. The summed E-state index contributed by atoms with van der Waals surface area (Å²) in [5, 5.41) is 0. The average molecular weight is 283 g/mol. The highest BCUT2D eigenvalue weighted by atomic mass is 127. The van der Waals surface area contributed by atoms with E-state index in [1.54, 1.807) is 4.31 Å². The van der Waals surface area contributed by atoms with Gasteiger partial charge in [0.2, 0.25) is 0 Å². The molecule has 2 atom stereocenters. The van der Waals surface area contributed by atoms with Gasteiger partial charge in [-0.15, -0.1) is 0 Å². The molecule has 0 saturated carbocycles. The van der Waals surface area contributed by atoms with E-state index in [0.717, 1.165) is 0 Å². The summed E-state index contributed by atoms with van der Waals surface area (Å²) in [4.78, 5) is 0. The minimum absolute atomic E-state index is 0.262. The average Bonchev–Trinajstić information content (AvgIpc) is 2.42. The van der Waals surface area contributed by atoms with Crippen LogP contribution in [-0.2, 0) is 0 Å². The highest BCUT2D eigenvalue weighted by molar-refractivity contribution is 14.2. The van der Waals surface area contributed by atoms with E-state index >= 15 is 0 Å². The van der Waals surface area contributed by atoms with E-state index in [-0.39, 0.29) is 6.04 Å². The van der Waals surface area contributed by atoms with Crippen LogP contribution in [0.4, 0.5) is 13.2 Å². The summed E-state index contributed by atoms with van der Waals surface area (Å²) in [6.07, 6.45) is -4.66. The van der Waals surface area contributed by atoms with E-state index in [1.807, 2.05) is 21.2 Å². The Balaban J connectivity index is 2.18. The van der Waals surface area contributed by atoms with Crippen LogP contribution in [0.1, 0.15) is 6.42 Å². The smallest absolute Gasteiger partial charge is 0.235 e. The maximum absolute atomic E-state index is 11.6.